The molecule has 96 valence electrons. The molecule has 2 heterocycles. The molecule has 17 heavy (non-hydrogen) atoms. The fraction of sp³-hybridized carbons (Fsp3) is 1.00. The highest BCUT2D eigenvalue weighted by Gasteiger charge is 2.65. The average molecular weight is 245 g/mol. The van der Waals surface area contributed by atoms with Gasteiger partial charge in [0, 0.05) is 4.91 Å². The van der Waals surface area contributed by atoms with Gasteiger partial charge in [0.25, 0.3) is 0 Å². The first kappa shape index (κ1) is 12.6. The second kappa shape index (κ2) is 4.09. The number of nitrogens with zero attached hydrogens (tertiary/aromatic N) is 3. The minimum Gasteiger partial charge on any atom is -0.393 e. The van der Waals surface area contributed by atoms with Crippen molar-refractivity contribution in [3.63, 3.8) is 0 Å². The first-order chi connectivity index (χ1) is 7.95. The first-order valence-corrected chi connectivity index (χ1v) is 5.28. The predicted molar refractivity (Wildman–Crippen MR) is 54.7 cm³/mol. The molecule has 4 atom stereocenters. The van der Waals surface area contributed by atoms with E-state index >= 15 is 0 Å². The molecule has 2 saturated heterocycles. The minimum absolute atomic E-state index is 0.0133. The fourth-order valence-electron chi connectivity index (χ4n) is 2.33. The second-order valence-electron chi connectivity index (χ2n) is 4.59. The number of aliphatic hydroxyl groups is 2. The molecule has 0 saturated carbocycles. The summed E-state index contributed by atoms with van der Waals surface area (Å²) in [6.45, 7) is 2.94. The third-order valence-corrected chi connectivity index (χ3v) is 2.96. The lowest BCUT2D eigenvalue weighted by atomic mass is 9.96. The monoisotopic (exact) mass is 245 g/mol. The molecule has 2 aliphatic rings. The molecule has 1 unspecified atom stereocenters. The Labute approximate surface area is 97.7 Å². The van der Waals surface area contributed by atoms with Gasteiger partial charge in [-0.15, -0.1) is 0 Å². The Morgan fingerprint density at radius 2 is 2.18 bits per heavy atom. The van der Waals surface area contributed by atoms with Gasteiger partial charge in [0.05, 0.1) is 19.3 Å². The molecule has 0 aromatic heterocycles. The number of hydrogen-bond donors (Lipinski definition) is 2. The highest BCUT2D eigenvalue weighted by Crippen LogP contribution is 2.45. The molecule has 8 nitrogen and oxygen atoms in total. The second-order valence-corrected chi connectivity index (χ2v) is 4.59. The van der Waals surface area contributed by atoms with Gasteiger partial charge in [-0.2, -0.15) is 0 Å². The van der Waals surface area contributed by atoms with Gasteiger partial charge in [-0.1, -0.05) is 5.11 Å². The van der Waals surface area contributed by atoms with Crippen molar-refractivity contribution in [1.29, 1.82) is 0 Å². The van der Waals surface area contributed by atoms with Crippen LogP contribution >= 0.6 is 0 Å². The van der Waals surface area contributed by atoms with Gasteiger partial charge in [0.1, 0.15) is 6.10 Å². The Bertz CT molecular complexity index is 357. The SMILES string of the molecule is CC1(C)O[C@@H]2[C@H](CN=[N+]=[N-])OC(O)[C@]2(CO)O1. The zero-order valence-corrected chi connectivity index (χ0v) is 9.61. The van der Waals surface area contributed by atoms with Gasteiger partial charge >= 0.3 is 0 Å². The molecule has 0 bridgehead atoms. The van der Waals surface area contributed by atoms with Crippen molar-refractivity contribution in [1.82, 2.24) is 0 Å². The number of rotatable bonds is 3. The molecule has 0 aromatic carbocycles. The molecule has 2 fully saturated rings. The van der Waals surface area contributed by atoms with Crippen molar-refractivity contribution in [3.8, 4) is 0 Å². The lowest BCUT2D eigenvalue weighted by Crippen LogP contribution is -2.50. The van der Waals surface area contributed by atoms with Gasteiger partial charge in [-0.25, -0.2) is 0 Å². The molecule has 2 rings (SSSR count). The van der Waals surface area contributed by atoms with E-state index in [1.165, 1.54) is 0 Å². The quantitative estimate of drug-likeness (QED) is 0.409. The molecule has 0 aliphatic carbocycles. The van der Waals surface area contributed by atoms with E-state index in [0.717, 1.165) is 0 Å². The Morgan fingerprint density at radius 1 is 1.47 bits per heavy atom. The summed E-state index contributed by atoms with van der Waals surface area (Å²) < 4.78 is 16.3. The van der Waals surface area contributed by atoms with Crippen LogP contribution in [0.4, 0.5) is 0 Å². The van der Waals surface area contributed by atoms with E-state index in [2.05, 4.69) is 10.0 Å². The Kier molecular flexibility index (Phi) is 3.03. The summed E-state index contributed by atoms with van der Waals surface area (Å²) in [6.07, 6.45) is -2.60. The lowest BCUT2D eigenvalue weighted by molar-refractivity contribution is -0.251. The zero-order valence-electron chi connectivity index (χ0n) is 9.61. The Balaban J connectivity index is 2.25. The third kappa shape index (κ3) is 1.89. The van der Waals surface area contributed by atoms with Crippen molar-refractivity contribution < 1.29 is 24.4 Å². The summed E-state index contributed by atoms with van der Waals surface area (Å²) in [5, 5.41) is 22.6. The molecule has 8 heteroatoms. The smallest absolute Gasteiger partial charge is 0.189 e. The van der Waals surface area contributed by atoms with Crippen molar-refractivity contribution >= 4 is 0 Å². The van der Waals surface area contributed by atoms with E-state index in [9.17, 15) is 10.2 Å². The van der Waals surface area contributed by atoms with Crippen LogP contribution in [0.3, 0.4) is 0 Å². The fourth-order valence-corrected chi connectivity index (χ4v) is 2.33. The summed E-state index contributed by atoms with van der Waals surface area (Å²) in [7, 11) is 0. The number of hydrogen-bond acceptors (Lipinski definition) is 6. The van der Waals surface area contributed by atoms with Crippen LogP contribution in [0.1, 0.15) is 13.8 Å². The normalized spacial score (nSPS) is 43.2. The van der Waals surface area contributed by atoms with Crippen LogP contribution in [0.2, 0.25) is 0 Å². The summed E-state index contributed by atoms with van der Waals surface area (Å²) >= 11 is 0. The number of ether oxygens (including phenoxy) is 3. The highest BCUT2D eigenvalue weighted by atomic mass is 16.8. The molecule has 2 aliphatic heterocycles. The minimum atomic E-state index is -1.31. The number of aliphatic hydroxyl groups excluding tert-OH is 2. The lowest BCUT2D eigenvalue weighted by Gasteiger charge is -2.27. The maximum Gasteiger partial charge on any atom is 0.189 e. The average Bonchev–Trinajstić information content (AvgIpc) is 2.68. The highest BCUT2D eigenvalue weighted by molar-refractivity contribution is 5.07. The molecule has 0 amide bonds. The van der Waals surface area contributed by atoms with Crippen LogP contribution in [-0.2, 0) is 14.2 Å². The van der Waals surface area contributed by atoms with E-state index in [0.29, 0.717) is 0 Å². The van der Waals surface area contributed by atoms with Gasteiger partial charge in [0.2, 0.25) is 0 Å². The largest absolute Gasteiger partial charge is 0.393 e. The summed E-state index contributed by atoms with van der Waals surface area (Å²) in [5.74, 6) is -0.924. The molecular weight excluding hydrogens is 230 g/mol. The molecule has 0 radical (unpaired) electrons. The maximum atomic E-state index is 9.83. The van der Waals surface area contributed by atoms with Gasteiger partial charge in [0.15, 0.2) is 17.7 Å². The molecule has 0 spiro atoms. The van der Waals surface area contributed by atoms with Crippen LogP contribution < -0.4 is 0 Å². The number of fused-ring (bicyclic) bond motifs is 1. The van der Waals surface area contributed by atoms with E-state index < -0.39 is 36.5 Å². The third-order valence-electron chi connectivity index (χ3n) is 2.96. The van der Waals surface area contributed by atoms with Crippen LogP contribution in [0, 0.1) is 0 Å². The number of azide groups is 1. The summed E-state index contributed by atoms with van der Waals surface area (Å²) in [6, 6.07) is 0. The molecular formula is C9H15N3O5. The van der Waals surface area contributed by atoms with E-state index in [4.69, 9.17) is 19.7 Å². The topological polar surface area (TPSA) is 117 Å². The van der Waals surface area contributed by atoms with Crippen LogP contribution in [-0.4, -0.2) is 53.3 Å². The summed E-state index contributed by atoms with van der Waals surface area (Å²) in [5.41, 5.74) is 6.97. The van der Waals surface area contributed by atoms with Crippen molar-refractivity contribution in [2.75, 3.05) is 13.2 Å². The Morgan fingerprint density at radius 3 is 2.76 bits per heavy atom. The van der Waals surface area contributed by atoms with Crippen molar-refractivity contribution in [2.24, 2.45) is 5.11 Å². The summed E-state index contributed by atoms with van der Waals surface area (Å²) in [4.78, 5) is 2.63. The van der Waals surface area contributed by atoms with Gasteiger partial charge in [-0.3, -0.25) is 0 Å². The van der Waals surface area contributed by atoms with Crippen molar-refractivity contribution in [3.05, 3.63) is 10.4 Å². The van der Waals surface area contributed by atoms with E-state index in [1.54, 1.807) is 13.8 Å². The van der Waals surface area contributed by atoms with Crippen molar-refractivity contribution in [2.45, 2.75) is 43.7 Å². The Hall–Kier alpha value is -0.890. The zero-order chi connectivity index (χ0) is 12.7. The van der Waals surface area contributed by atoms with E-state index in [-0.39, 0.29) is 6.54 Å². The van der Waals surface area contributed by atoms with Gasteiger partial charge < -0.3 is 24.4 Å². The van der Waals surface area contributed by atoms with Gasteiger partial charge in [-0.05, 0) is 19.4 Å². The molecule has 2 N–H and O–H groups in total. The predicted octanol–water partition coefficient (Wildman–Crippen LogP) is -0.104. The first-order valence-electron chi connectivity index (χ1n) is 5.28. The van der Waals surface area contributed by atoms with Crippen LogP contribution in [0.25, 0.3) is 10.4 Å². The van der Waals surface area contributed by atoms with Crippen LogP contribution in [0.15, 0.2) is 5.11 Å². The standard InChI is InChI=1S/C9H15N3O5/c1-8(2)16-6-5(3-11-12-10)15-7(14)9(6,4-13)17-8/h5-7,13-14H,3-4H2,1-2H3/t5-,6+,7?,9+/m0/s1. The maximum absolute atomic E-state index is 9.83. The molecule has 0 aromatic rings. The van der Waals surface area contributed by atoms with Crippen LogP contribution in [0.5, 0.6) is 0 Å². The van der Waals surface area contributed by atoms with E-state index in [1.807, 2.05) is 0 Å².